The number of carbonyl (C=O) groups excluding carboxylic acids is 1. The Morgan fingerprint density at radius 2 is 1.47 bits per heavy atom. The van der Waals surface area contributed by atoms with Gasteiger partial charge in [-0.3, -0.25) is 9.69 Å². The molecule has 0 aromatic rings. The molecule has 0 bridgehead atoms. The van der Waals surface area contributed by atoms with Crippen molar-refractivity contribution in [2.45, 2.75) is 65.0 Å². The highest BCUT2D eigenvalue weighted by atomic mass is 28.4. The first-order chi connectivity index (χ1) is 29.5. The van der Waals surface area contributed by atoms with E-state index < -0.39 is 8.80 Å². The quantitative estimate of drug-likeness (QED) is 0.119. The van der Waals surface area contributed by atoms with Gasteiger partial charge in [0.05, 0.1) is 7.11 Å². The number of allylic oxidation sites excluding steroid dienone is 11. The van der Waals surface area contributed by atoms with Gasteiger partial charge in [-0.05, 0) is 194 Å². The fourth-order valence-electron chi connectivity index (χ4n) is 24.0. The minimum atomic E-state index is -2.86. The van der Waals surface area contributed by atoms with Crippen molar-refractivity contribution in [3.05, 3.63) is 81.0 Å². The minimum absolute atomic E-state index is 0.0363. The van der Waals surface area contributed by atoms with Crippen molar-refractivity contribution < 1.29 is 22.8 Å². The minimum Gasteiger partial charge on any atom is -0.468 e. The van der Waals surface area contributed by atoms with Crippen LogP contribution < -0.4 is 0 Å². The van der Waals surface area contributed by atoms with Gasteiger partial charge in [0.1, 0.15) is 6.04 Å². The van der Waals surface area contributed by atoms with Crippen LogP contribution in [0.25, 0.3) is 0 Å². The molecule has 0 aromatic carbocycles. The molecule has 60 heavy (non-hydrogen) atoms. The lowest BCUT2D eigenvalue weighted by Crippen LogP contribution is -2.65. The summed E-state index contributed by atoms with van der Waals surface area (Å²) in [6.45, 7) is 9.78. The van der Waals surface area contributed by atoms with Crippen molar-refractivity contribution in [2.75, 3.05) is 40.0 Å². The Kier molecular flexibility index (Phi) is 5.95. The Hall–Kier alpha value is -2.29. The van der Waals surface area contributed by atoms with E-state index in [9.17, 15) is 0 Å². The van der Waals surface area contributed by atoms with Gasteiger partial charge in [-0.25, -0.2) is 0 Å². The van der Waals surface area contributed by atoms with Crippen molar-refractivity contribution in [1.82, 2.24) is 4.90 Å². The highest BCUT2D eigenvalue weighted by Gasteiger charge is 2.90. The maximum Gasteiger partial charge on any atom is 0.500 e. The fraction of sp³-hybridized carbons (Fsp3) is 0.717. The van der Waals surface area contributed by atoms with E-state index >= 15 is 4.79 Å². The SMILES string of the molecule is CCO[Si](CCCN1CC23C4=C5C=CC6C7C5=C2C2C5=C7C7C6C=CC6C8CCC9C%10CCC%11=C(C=C4)C3(C3C%11C%10C4C9C8C(C5C4C23)C67)C1C(=O)OC)(OCC)OCC. The van der Waals surface area contributed by atoms with Crippen LogP contribution >= 0.6 is 0 Å². The maximum atomic E-state index is 15.4. The lowest BCUT2D eigenvalue weighted by Gasteiger charge is -2.65. The molecule has 17 aliphatic rings. The van der Waals surface area contributed by atoms with Gasteiger partial charge >= 0.3 is 14.8 Å². The summed E-state index contributed by atoms with van der Waals surface area (Å²) in [5.41, 5.74) is 14.1. The smallest absolute Gasteiger partial charge is 0.468 e. The first kappa shape index (κ1) is 34.2. The molecule has 0 amide bonds. The number of hydrogen-bond donors (Lipinski definition) is 0. The number of methoxy groups -OCH3 is 1. The molecule has 16 aliphatic carbocycles. The monoisotopic (exact) mass is 819 g/mol. The molecule has 0 radical (unpaired) electrons. The Bertz CT molecular complexity index is 2390. The molecule has 2 spiro atoms. The summed E-state index contributed by atoms with van der Waals surface area (Å²) in [5.74, 6) is 15.7. The molecular weight excluding hydrogens is 759 g/mol. The van der Waals surface area contributed by atoms with Crippen LogP contribution in [0.3, 0.4) is 0 Å². The van der Waals surface area contributed by atoms with Crippen molar-refractivity contribution in [2.24, 2.45) is 129 Å². The van der Waals surface area contributed by atoms with Crippen LogP contribution in [0.4, 0.5) is 0 Å². The molecule has 1 saturated heterocycles. The zero-order valence-electron chi connectivity index (χ0n) is 35.9. The molecule has 23 atom stereocenters. The highest BCUT2D eigenvalue weighted by Crippen LogP contribution is 2.93. The number of ether oxygens (including phenoxy) is 1. The summed E-state index contributed by atoms with van der Waals surface area (Å²) >= 11 is 0. The largest absolute Gasteiger partial charge is 0.500 e. The van der Waals surface area contributed by atoms with Crippen molar-refractivity contribution in [1.29, 1.82) is 0 Å². The number of rotatable bonds is 11. The Balaban J connectivity index is 0.943. The molecule has 1 aliphatic heterocycles. The summed E-state index contributed by atoms with van der Waals surface area (Å²) in [7, 11) is -1.15. The van der Waals surface area contributed by atoms with E-state index in [1.54, 1.807) is 29.4 Å². The zero-order valence-corrected chi connectivity index (χ0v) is 36.9. The first-order valence-electron chi connectivity index (χ1n) is 25.3. The molecule has 10 fully saturated rings. The fourth-order valence-corrected chi connectivity index (χ4v) is 26.6. The van der Waals surface area contributed by atoms with Gasteiger partial charge in [0.25, 0.3) is 0 Å². The van der Waals surface area contributed by atoms with Crippen molar-refractivity contribution >= 4 is 14.8 Å². The van der Waals surface area contributed by atoms with Gasteiger partial charge in [-0.15, -0.1) is 0 Å². The highest BCUT2D eigenvalue weighted by molar-refractivity contribution is 6.60. The van der Waals surface area contributed by atoms with Crippen molar-refractivity contribution in [3.63, 3.8) is 0 Å². The van der Waals surface area contributed by atoms with Crippen LogP contribution in [0.15, 0.2) is 81.0 Å². The Morgan fingerprint density at radius 1 is 0.733 bits per heavy atom. The molecule has 7 heteroatoms. The Morgan fingerprint density at radius 3 is 2.28 bits per heavy atom. The average Bonchev–Trinajstić information content (AvgIpc) is 4.10. The third-order valence-electron chi connectivity index (χ3n) is 23.5. The summed E-state index contributed by atoms with van der Waals surface area (Å²) in [4.78, 5) is 18.1. The number of carbonyl (C=O) groups is 1. The van der Waals surface area contributed by atoms with E-state index in [-0.39, 0.29) is 22.8 Å². The second kappa shape index (κ2) is 10.5. The second-order valence-corrected chi connectivity index (χ2v) is 26.1. The van der Waals surface area contributed by atoms with E-state index in [1.165, 1.54) is 25.7 Å². The van der Waals surface area contributed by atoms with Gasteiger partial charge in [-0.2, -0.15) is 0 Å². The first-order valence-corrected chi connectivity index (χ1v) is 27.2. The van der Waals surface area contributed by atoms with Crippen LogP contribution in [0.2, 0.25) is 6.04 Å². The van der Waals surface area contributed by atoms with Crippen LogP contribution in [-0.4, -0.2) is 65.7 Å². The molecule has 0 aromatic heterocycles. The van der Waals surface area contributed by atoms with Crippen LogP contribution in [0.5, 0.6) is 0 Å². The number of hydrogen-bond acceptors (Lipinski definition) is 6. The topological polar surface area (TPSA) is 57.2 Å². The maximum absolute atomic E-state index is 15.4. The molecule has 0 N–H and O–H groups in total. The van der Waals surface area contributed by atoms with E-state index in [2.05, 4.69) is 67.7 Å². The molecule has 6 nitrogen and oxygen atoms in total. The van der Waals surface area contributed by atoms with Gasteiger partial charge < -0.3 is 18.0 Å². The van der Waals surface area contributed by atoms with Gasteiger partial charge in [-0.1, -0.05) is 53.2 Å². The third-order valence-corrected chi connectivity index (χ3v) is 26.6. The number of fused-ring (bicyclic) bond motifs is 3. The summed E-state index contributed by atoms with van der Waals surface area (Å²) in [5, 5.41) is 0. The van der Waals surface area contributed by atoms with Crippen LogP contribution in [0, 0.1) is 129 Å². The molecule has 9 saturated carbocycles. The van der Waals surface area contributed by atoms with E-state index in [0.717, 1.165) is 102 Å². The summed E-state index contributed by atoms with van der Waals surface area (Å²) in [6.07, 6.45) is 23.1. The third kappa shape index (κ3) is 3.00. The lowest BCUT2D eigenvalue weighted by molar-refractivity contribution is -0.164. The molecular formula is C53H61NO5Si. The molecule has 23 unspecified atom stereocenters. The van der Waals surface area contributed by atoms with Crippen LogP contribution in [-0.2, 0) is 22.8 Å². The zero-order chi connectivity index (χ0) is 39.2. The van der Waals surface area contributed by atoms with E-state index in [1.807, 2.05) is 16.7 Å². The normalized spacial score (nSPS) is 56.8. The lowest BCUT2D eigenvalue weighted by atomic mass is 9.36. The van der Waals surface area contributed by atoms with Crippen LogP contribution in [0.1, 0.15) is 52.9 Å². The van der Waals surface area contributed by atoms with E-state index in [4.69, 9.17) is 18.0 Å². The van der Waals surface area contributed by atoms with Gasteiger partial charge in [0.2, 0.25) is 0 Å². The van der Waals surface area contributed by atoms with Crippen molar-refractivity contribution in [3.8, 4) is 0 Å². The van der Waals surface area contributed by atoms with Gasteiger partial charge in [0.15, 0.2) is 0 Å². The molecule has 312 valence electrons. The molecule has 1 heterocycles. The van der Waals surface area contributed by atoms with E-state index in [0.29, 0.717) is 61.2 Å². The summed E-state index contributed by atoms with van der Waals surface area (Å²) < 4.78 is 25.5. The van der Waals surface area contributed by atoms with Gasteiger partial charge in [0, 0.05) is 55.1 Å². The Labute approximate surface area is 356 Å². The number of likely N-dealkylation sites (tertiary alicyclic amines) is 1. The average molecular weight is 820 g/mol. The standard InChI is InChI=1S/C53H61NO5Si/c1-5-57-60(58-6-2,59-7-3)20-8-19-54-21-52-30-17-18-31-29-16-14-27-25-12-10-23-22-9-11-24-26-13-15-28(30)38-36(26)41-34(24)32(22)40-33(23)35(25)42-37(27)39(29)49(53(31,52)50(54)51(55)56-4)47-45(42)43(40)44(41)46(47)48(38)52/h9,11,13,15,17-18,22-27,32-37,39-40,42-43,45-47,49-50H,5-8,10,12,14,16,19-21H2,1-4H3. The summed E-state index contributed by atoms with van der Waals surface area (Å²) in [6, 6.07) is 0.505. The predicted octanol–water partition coefficient (Wildman–Crippen LogP) is 8.21. The number of nitrogens with zero attached hydrogens (tertiary/aromatic N) is 1. The molecule has 17 rings (SSSR count). The number of esters is 1. The predicted molar refractivity (Wildman–Crippen MR) is 226 cm³/mol. The second-order valence-electron chi connectivity index (χ2n) is 23.4.